The average Bonchev–Trinajstić information content (AvgIpc) is 2.74. The first-order valence-corrected chi connectivity index (χ1v) is 6.11. The van der Waals surface area contributed by atoms with Crippen LogP contribution >= 0.6 is 34.5 Å². The predicted octanol–water partition coefficient (Wildman–Crippen LogP) is 4.10. The monoisotopic (exact) mass is 257 g/mol. The van der Waals surface area contributed by atoms with Crippen molar-refractivity contribution < 1.29 is 0 Å². The molecule has 1 aromatic carbocycles. The van der Waals surface area contributed by atoms with E-state index in [0.29, 0.717) is 10.0 Å². The molecule has 0 amide bonds. The number of benzene rings is 1. The molecule has 15 heavy (non-hydrogen) atoms. The third-order valence-corrected chi connectivity index (χ3v) is 3.65. The van der Waals surface area contributed by atoms with Crippen LogP contribution in [0.1, 0.15) is 17.2 Å². The summed E-state index contributed by atoms with van der Waals surface area (Å²) in [5.74, 6) is 0. The van der Waals surface area contributed by atoms with Crippen LogP contribution in [0.4, 0.5) is 0 Å². The van der Waals surface area contributed by atoms with Gasteiger partial charge in [0.05, 0.1) is 16.1 Å². The van der Waals surface area contributed by atoms with Gasteiger partial charge in [0.2, 0.25) is 0 Å². The van der Waals surface area contributed by atoms with Crippen LogP contribution in [0.3, 0.4) is 0 Å². The molecule has 0 spiro atoms. The highest BCUT2D eigenvalue weighted by atomic mass is 35.5. The predicted molar refractivity (Wildman–Crippen MR) is 66.8 cm³/mol. The van der Waals surface area contributed by atoms with E-state index in [9.17, 15) is 0 Å². The van der Waals surface area contributed by atoms with Gasteiger partial charge in [-0.15, -0.1) is 0 Å². The van der Waals surface area contributed by atoms with E-state index in [1.54, 1.807) is 17.4 Å². The topological polar surface area (TPSA) is 26.0 Å². The number of thiophene rings is 1. The lowest BCUT2D eigenvalue weighted by atomic mass is 10.0. The van der Waals surface area contributed by atoms with Crippen LogP contribution in [-0.4, -0.2) is 0 Å². The minimum absolute atomic E-state index is 0.133. The van der Waals surface area contributed by atoms with Crippen LogP contribution < -0.4 is 5.73 Å². The third kappa shape index (κ3) is 2.34. The standard InChI is InChI=1S/C11H9Cl2NS/c12-9-2-1-7(5-10(9)13)11(14)8-3-4-15-6-8/h1-6,11H,14H2/t11-/m1/s1. The van der Waals surface area contributed by atoms with Crippen molar-refractivity contribution in [2.75, 3.05) is 0 Å². The number of hydrogen-bond acceptors (Lipinski definition) is 2. The van der Waals surface area contributed by atoms with Crippen LogP contribution in [0.2, 0.25) is 10.0 Å². The van der Waals surface area contributed by atoms with Gasteiger partial charge in [0, 0.05) is 0 Å². The highest BCUT2D eigenvalue weighted by Crippen LogP contribution is 2.28. The SMILES string of the molecule is N[C@@H](c1ccsc1)c1ccc(Cl)c(Cl)c1. The Morgan fingerprint density at radius 1 is 1.07 bits per heavy atom. The summed E-state index contributed by atoms with van der Waals surface area (Å²) in [5, 5.41) is 5.14. The van der Waals surface area contributed by atoms with Gasteiger partial charge in [-0.3, -0.25) is 0 Å². The summed E-state index contributed by atoms with van der Waals surface area (Å²) < 4.78 is 0. The third-order valence-electron chi connectivity index (χ3n) is 2.21. The van der Waals surface area contributed by atoms with Gasteiger partial charge < -0.3 is 5.73 Å². The lowest BCUT2D eigenvalue weighted by molar-refractivity contribution is 0.877. The molecule has 2 rings (SSSR count). The van der Waals surface area contributed by atoms with E-state index < -0.39 is 0 Å². The van der Waals surface area contributed by atoms with Crippen molar-refractivity contribution in [3.63, 3.8) is 0 Å². The molecule has 0 aliphatic rings. The summed E-state index contributed by atoms with van der Waals surface area (Å²) in [6, 6.07) is 7.36. The molecule has 1 heterocycles. The van der Waals surface area contributed by atoms with Crippen LogP contribution in [0.15, 0.2) is 35.0 Å². The molecule has 0 radical (unpaired) electrons. The van der Waals surface area contributed by atoms with E-state index in [1.807, 2.05) is 29.0 Å². The Morgan fingerprint density at radius 3 is 2.47 bits per heavy atom. The maximum atomic E-state index is 6.08. The first-order chi connectivity index (χ1) is 7.18. The lowest BCUT2D eigenvalue weighted by Gasteiger charge is -2.11. The highest BCUT2D eigenvalue weighted by molar-refractivity contribution is 7.08. The Balaban J connectivity index is 2.34. The Hall–Kier alpha value is -0.540. The van der Waals surface area contributed by atoms with E-state index in [4.69, 9.17) is 28.9 Å². The second kappa shape index (κ2) is 4.54. The van der Waals surface area contributed by atoms with Gasteiger partial charge >= 0.3 is 0 Å². The van der Waals surface area contributed by atoms with Gasteiger partial charge in [0.15, 0.2) is 0 Å². The van der Waals surface area contributed by atoms with Gasteiger partial charge in [-0.25, -0.2) is 0 Å². The minimum Gasteiger partial charge on any atom is -0.320 e. The maximum absolute atomic E-state index is 6.08. The fourth-order valence-corrected chi connectivity index (χ4v) is 2.35. The number of halogens is 2. The summed E-state index contributed by atoms with van der Waals surface area (Å²) >= 11 is 13.4. The van der Waals surface area contributed by atoms with Gasteiger partial charge in [0.25, 0.3) is 0 Å². The first-order valence-electron chi connectivity index (χ1n) is 4.41. The normalized spacial score (nSPS) is 12.7. The van der Waals surface area contributed by atoms with Crippen molar-refractivity contribution in [3.05, 3.63) is 56.2 Å². The highest BCUT2D eigenvalue weighted by Gasteiger charge is 2.10. The molecule has 0 saturated heterocycles. The number of hydrogen-bond donors (Lipinski definition) is 1. The van der Waals surface area contributed by atoms with E-state index in [0.717, 1.165) is 11.1 Å². The van der Waals surface area contributed by atoms with Gasteiger partial charge in [-0.1, -0.05) is 29.3 Å². The van der Waals surface area contributed by atoms with Crippen molar-refractivity contribution in [1.29, 1.82) is 0 Å². The molecular formula is C11H9Cl2NS. The van der Waals surface area contributed by atoms with E-state index in [1.165, 1.54) is 0 Å². The zero-order valence-electron chi connectivity index (χ0n) is 7.78. The quantitative estimate of drug-likeness (QED) is 0.862. The molecule has 4 heteroatoms. The first kappa shape index (κ1) is 11.0. The molecule has 0 aliphatic heterocycles. The van der Waals surface area contributed by atoms with Crippen molar-refractivity contribution in [2.45, 2.75) is 6.04 Å². The molecule has 2 N–H and O–H groups in total. The van der Waals surface area contributed by atoms with Crippen molar-refractivity contribution in [1.82, 2.24) is 0 Å². The van der Waals surface area contributed by atoms with Crippen LogP contribution in [0, 0.1) is 0 Å². The van der Waals surface area contributed by atoms with E-state index >= 15 is 0 Å². The van der Waals surface area contributed by atoms with E-state index in [-0.39, 0.29) is 6.04 Å². The molecule has 0 saturated carbocycles. The zero-order valence-corrected chi connectivity index (χ0v) is 10.1. The Bertz CT molecular complexity index is 454. The van der Waals surface area contributed by atoms with Crippen molar-refractivity contribution in [3.8, 4) is 0 Å². The summed E-state index contributed by atoms with van der Waals surface area (Å²) in [6.45, 7) is 0. The maximum Gasteiger partial charge on any atom is 0.0595 e. The van der Waals surface area contributed by atoms with Gasteiger partial charge in [-0.2, -0.15) is 11.3 Å². The van der Waals surface area contributed by atoms with Crippen molar-refractivity contribution >= 4 is 34.5 Å². The van der Waals surface area contributed by atoms with Crippen LogP contribution in [0.5, 0.6) is 0 Å². The molecule has 0 bridgehead atoms. The molecule has 1 nitrogen and oxygen atoms in total. The second-order valence-corrected chi connectivity index (χ2v) is 4.80. The smallest absolute Gasteiger partial charge is 0.0595 e. The lowest BCUT2D eigenvalue weighted by Crippen LogP contribution is -2.10. The summed E-state index contributed by atoms with van der Waals surface area (Å²) in [7, 11) is 0. The molecule has 2 aromatic rings. The molecule has 1 atom stereocenters. The summed E-state index contributed by atoms with van der Waals surface area (Å²) in [4.78, 5) is 0. The number of rotatable bonds is 2. The summed E-state index contributed by atoms with van der Waals surface area (Å²) in [5.41, 5.74) is 8.16. The molecule has 0 unspecified atom stereocenters. The van der Waals surface area contributed by atoms with Gasteiger partial charge in [0.1, 0.15) is 0 Å². The van der Waals surface area contributed by atoms with Crippen LogP contribution in [-0.2, 0) is 0 Å². The van der Waals surface area contributed by atoms with E-state index in [2.05, 4.69) is 0 Å². The largest absolute Gasteiger partial charge is 0.320 e. The zero-order chi connectivity index (χ0) is 10.8. The average molecular weight is 258 g/mol. The molecule has 0 fully saturated rings. The molecule has 0 aliphatic carbocycles. The Labute approximate surface area is 102 Å². The summed E-state index contributed by atoms with van der Waals surface area (Å²) in [6.07, 6.45) is 0. The molecular weight excluding hydrogens is 249 g/mol. The number of nitrogens with two attached hydrogens (primary N) is 1. The molecule has 1 aromatic heterocycles. The fourth-order valence-electron chi connectivity index (χ4n) is 1.35. The minimum atomic E-state index is -0.133. The Morgan fingerprint density at radius 2 is 1.87 bits per heavy atom. The Kier molecular flexibility index (Phi) is 3.32. The second-order valence-electron chi connectivity index (χ2n) is 3.21. The van der Waals surface area contributed by atoms with Crippen molar-refractivity contribution in [2.24, 2.45) is 5.73 Å². The van der Waals surface area contributed by atoms with Crippen LogP contribution in [0.25, 0.3) is 0 Å². The van der Waals surface area contributed by atoms with Gasteiger partial charge in [-0.05, 0) is 40.1 Å². The molecule has 78 valence electrons. The fraction of sp³-hybridized carbons (Fsp3) is 0.0909.